The molecule has 5 heteroatoms. The molecule has 1 rings (SSSR count). The second kappa shape index (κ2) is 5.36. The first-order valence-corrected chi connectivity index (χ1v) is 6.52. The molecule has 3 nitrogen and oxygen atoms in total. The molecule has 0 aromatic carbocycles. The molecule has 0 amide bonds. The summed E-state index contributed by atoms with van der Waals surface area (Å²) < 4.78 is 4.90. The van der Waals surface area contributed by atoms with E-state index >= 15 is 0 Å². The van der Waals surface area contributed by atoms with Crippen LogP contribution in [-0.4, -0.2) is 23.8 Å². The maximum Gasteiger partial charge on any atom is 0.358 e. The molecule has 0 spiro atoms. The van der Waals surface area contributed by atoms with E-state index in [4.69, 9.17) is 4.74 Å². The molecule has 0 atom stereocenters. The first-order chi connectivity index (χ1) is 6.69. The van der Waals surface area contributed by atoms with Crippen molar-refractivity contribution in [3.63, 3.8) is 0 Å². The van der Waals surface area contributed by atoms with Gasteiger partial charge in [-0.3, -0.25) is 0 Å². The van der Waals surface area contributed by atoms with E-state index in [1.54, 1.807) is 30.0 Å². The van der Waals surface area contributed by atoms with Crippen LogP contribution in [0.1, 0.15) is 27.3 Å². The van der Waals surface area contributed by atoms with Gasteiger partial charge in [-0.2, -0.15) is 11.8 Å². The van der Waals surface area contributed by atoms with Gasteiger partial charge in [-0.1, -0.05) is 0 Å². The third-order valence-corrected chi connectivity index (χ3v) is 3.29. The third-order valence-electron chi connectivity index (χ3n) is 1.58. The van der Waals surface area contributed by atoms with Crippen molar-refractivity contribution in [2.24, 2.45) is 0 Å². The van der Waals surface area contributed by atoms with Crippen LogP contribution in [0.2, 0.25) is 0 Å². The lowest BCUT2D eigenvalue weighted by Gasteiger charge is -1.97. The van der Waals surface area contributed by atoms with Gasteiger partial charge in [0.05, 0.1) is 6.61 Å². The number of aromatic nitrogens is 1. The van der Waals surface area contributed by atoms with Gasteiger partial charge in [0.1, 0.15) is 5.01 Å². The monoisotopic (exact) mass is 231 g/mol. The maximum atomic E-state index is 11.4. The van der Waals surface area contributed by atoms with Crippen molar-refractivity contribution in [2.45, 2.75) is 19.6 Å². The number of carbonyl (C=O) groups excluding carboxylic acids is 1. The van der Waals surface area contributed by atoms with Crippen LogP contribution in [0, 0.1) is 6.92 Å². The quantitative estimate of drug-likeness (QED) is 0.746. The summed E-state index contributed by atoms with van der Waals surface area (Å²) >= 11 is 3.26. The molecule has 0 saturated carbocycles. The van der Waals surface area contributed by atoms with E-state index in [1.807, 2.05) is 13.2 Å². The molecular formula is C9H13NO2S2. The number of esters is 1. The topological polar surface area (TPSA) is 39.2 Å². The third kappa shape index (κ3) is 2.72. The zero-order valence-corrected chi connectivity index (χ0v) is 10.1. The van der Waals surface area contributed by atoms with Crippen molar-refractivity contribution < 1.29 is 9.53 Å². The molecule has 0 aliphatic heterocycles. The van der Waals surface area contributed by atoms with Gasteiger partial charge in [0.15, 0.2) is 5.69 Å². The summed E-state index contributed by atoms with van der Waals surface area (Å²) in [6.07, 6.45) is 2.01. The average molecular weight is 231 g/mol. The predicted molar refractivity (Wildman–Crippen MR) is 60.0 cm³/mol. The number of hydrogen-bond donors (Lipinski definition) is 0. The minimum absolute atomic E-state index is 0.311. The van der Waals surface area contributed by atoms with Gasteiger partial charge >= 0.3 is 5.97 Å². The zero-order chi connectivity index (χ0) is 10.6. The van der Waals surface area contributed by atoms with Crippen LogP contribution in [0.5, 0.6) is 0 Å². The fourth-order valence-corrected chi connectivity index (χ4v) is 2.64. The minimum Gasteiger partial charge on any atom is -0.461 e. The molecule has 0 saturated heterocycles. The molecule has 0 fully saturated rings. The number of nitrogens with zero attached hydrogens (tertiary/aromatic N) is 1. The van der Waals surface area contributed by atoms with Crippen LogP contribution < -0.4 is 0 Å². The molecule has 0 radical (unpaired) electrons. The second-order valence-corrected chi connectivity index (χ2v) is 4.82. The van der Waals surface area contributed by atoms with Crippen LogP contribution >= 0.6 is 23.1 Å². The Morgan fingerprint density at radius 3 is 2.93 bits per heavy atom. The lowest BCUT2D eigenvalue weighted by molar-refractivity contribution is 0.0519. The molecule has 1 aromatic rings. The van der Waals surface area contributed by atoms with Gasteiger partial charge < -0.3 is 4.74 Å². The van der Waals surface area contributed by atoms with Gasteiger partial charge in [-0.25, -0.2) is 9.78 Å². The Bertz CT molecular complexity index is 323. The number of aryl methyl sites for hydroxylation is 1. The Morgan fingerprint density at radius 2 is 2.36 bits per heavy atom. The van der Waals surface area contributed by atoms with Gasteiger partial charge in [0.25, 0.3) is 0 Å². The first-order valence-electron chi connectivity index (χ1n) is 4.31. The standard InChI is InChI=1S/C9H13NO2S2/c1-4-12-9(11)8-6(2)14-7(10-8)5-13-3/h4-5H2,1-3H3. The minimum atomic E-state index is -0.311. The van der Waals surface area contributed by atoms with E-state index in [-0.39, 0.29) is 5.97 Å². The molecule has 0 N–H and O–H groups in total. The molecule has 14 heavy (non-hydrogen) atoms. The largest absolute Gasteiger partial charge is 0.461 e. The van der Waals surface area contributed by atoms with E-state index in [1.165, 1.54) is 0 Å². The molecule has 0 unspecified atom stereocenters. The molecule has 0 aliphatic carbocycles. The molecule has 0 bridgehead atoms. The van der Waals surface area contributed by atoms with E-state index in [2.05, 4.69) is 4.98 Å². The average Bonchev–Trinajstić information content (AvgIpc) is 2.48. The van der Waals surface area contributed by atoms with E-state index in [0.717, 1.165) is 15.6 Å². The number of rotatable bonds is 4. The summed E-state index contributed by atoms with van der Waals surface area (Å²) in [6, 6.07) is 0. The van der Waals surface area contributed by atoms with Crippen molar-refractivity contribution in [1.29, 1.82) is 0 Å². The predicted octanol–water partition coefficient (Wildman–Crippen LogP) is 2.49. The van der Waals surface area contributed by atoms with Crippen molar-refractivity contribution in [3.8, 4) is 0 Å². The lowest BCUT2D eigenvalue weighted by Crippen LogP contribution is -2.06. The highest BCUT2D eigenvalue weighted by atomic mass is 32.2. The van der Waals surface area contributed by atoms with E-state index in [0.29, 0.717) is 12.3 Å². The number of thiazole rings is 1. The Morgan fingerprint density at radius 1 is 1.64 bits per heavy atom. The number of ether oxygens (including phenoxy) is 1. The summed E-state index contributed by atoms with van der Waals surface area (Å²) in [7, 11) is 0. The zero-order valence-electron chi connectivity index (χ0n) is 8.49. The highest BCUT2D eigenvalue weighted by Crippen LogP contribution is 2.21. The second-order valence-electron chi connectivity index (χ2n) is 2.67. The van der Waals surface area contributed by atoms with Crippen LogP contribution in [0.25, 0.3) is 0 Å². The molecule has 1 heterocycles. The fourth-order valence-electron chi connectivity index (χ4n) is 1.03. The van der Waals surface area contributed by atoms with Crippen molar-refractivity contribution >= 4 is 29.1 Å². The van der Waals surface area contributed by atoms with Crippen LogP contribution in [0.3, 0.4) is 0 Å². The molecule has 0 aliphatic rings. The lowest BCUT2D eigenvalue weighted by atomic mass is 10.4. The van der Waals surface area contributed by atoms with E-state index < -0.39 is 0 Å². The molecular weight excluding hydrogens is 218 g/mol. The Labute approximate surface area is 91.9 Å². The van der Waals surface area contributed by atoms with Crippen LogP contribution in [0.15, 0.2) is 0 Å². The Hall–Kier alpha value is -0.550. The summed E-state index contributed by atoms with van der Waals surface area (Å²) in [4.78, 5) is 16.6. The van der Waals surface area contributed by atoms with Crippen molar-refractivity contribution in [2.75, 3.05) is 12.9 Å². The smallest absolute Gasteiger partial charge is 0.358 e. The molecule has 1 aromatic heterocycles. The van der Waals surface area contributed by atoms with Gasteiger partial charge in [-0.15, -0.1) is 11.3 Å². The number of thioether (sulfide) groups is 1. The normalized spacial score (nSPS) is 10.2. The fraction of sp³-hybridized carbons (Fsp3) is 0.556. The van der Waals surface area contributed by atoms with Gasteiger partial charge in [-0.05, 0) is 20.1 Å². The number of hydrogen-bond acceptors (Lipinski definition) is 5. The summed E-state index contributed by atoms with van der Waals surface area (Å²) in [5.41, 5.74) is 0.473. The Balaban J connectivity index is 2.81. The highest BCUT2D eigenvalue weighted by Gasteiger charge is 2.15. The van der Waals surface area contributed by atoms with Crippen molar-refractivity contribution in [3.05, 3.63) is 15.6 Å². The number of carbonyl (C=O) groups is 1. The van der Waals surface area contributed by atoms with Gasteiger partial charge in [0, 0.05) is 10.6 Å². The van der Waals surface area contributed by atoms with Crippen LogP contribution in [0.4, 0.5) is 0 Å². The summed E-state index contributed by atoms with van der Waals surface area (Å²) in [5.74, 6) is 0.541. The Kier molecular flexibility index (Phi) is 4.41. The summed E-state index contributed by atoms with van der Waals surface area (Å²) in [6.45, 7) is 4.09. The molecule has 78 valence electrons. The maximum absolute atomic E-state index is 11.4. The highest BCUT2D eigenvalue weighted by molar-refractivity contribution is 7.97. The van der Waals surface area contributed by atoms with Crippen molar-refractivity contribution in [1.82, 2.24) is 4.98 Å². The van der Waals surface area contributed by atoms with Gasteiger partial charge in [0.2, 0.25) is 0 Å². The van der Waals surface area contributed by atoms with E-state index in [9.17, 15) is 4.79 Å². The summed E-state index contributed by atoms with van der Waals surface area (Å²) in [5, 5.41) is 0.984. The first kappa shape index (κ1) is 11.5. The van der Waals surface area contributed by atoms with Crippen LogP contribution in [-0.2, 0) is 10.5 Å². The SMILES string of the molecule is CCOC(=O)c1nc(CSC)sc1C.